The van der Waals surface area contributed by atoms with E-state index in [1.807, 2.05) is 36.7 Å². The molecule has 0 bridgehead atoms. The SMILES string of the molecule is CC1(C)C[C@@H]2CC(c3c[nH]c(-c4ccc(F)cc4)c3-c3ccncc3)=CCN2C1. The first-order valence-electron chi connectivity index (χ1n) is 10.3. The number of aromatic nitrogens is 2. The Morgan fingerprint density at radius 3 is 2.59 bits per heavy atom. The third-order valence-corrected chi connectivity index (χ3v) is 6.29. The summed E-state index contributed by atoms with van der Waals surface area (Å²) in [6, 6.07) is 11.4. The molecule has 0 saturated carbocycles. The molecule has 2 aliphatic rings. The molecule has 1 saturated heterocycles. The highest BCUT2D eigenvalue weighted by Crippen LogP contribution is 2.44. The summed E-state index contributed by atoms with van der Waals surface area (Å²) in [5, 5.41) is 0. The van der Waals surface area contributed by atoms with Crippen molar-refractivity contribution in [2.75, 3.05) is 13.1 Å². The molecular formula is C25H26FN3. The van der Waals surface area contributed by atoms with Gasteiger partial charge in [-0.2, -0.15) is 0 Å². The van der Waals surface area contributed by atoms with E-state index in [0.29, 0.717) is 11.5 Å². The quantitative estimate of drug-likeness (QED) is 0.619. The lowest BCUT2D eigenvalue weighted by atomic mass is 9.86. The molecular weight excluding hydrogens is 361 g/mol. The van der Waals surface area contributed by atoms with Gasteiger partial charge in [-0.1, -0.05) is 19.9 Å². The van der Waals surface area contributed by atoms with E-state index < -0.39 is 0 Å². The van der Waals surface area contributed by atoms with Crippen molar-refractivity contribution in [1.82, 2.24) is 14.9 Å². The van der Waals surface area contributed by atoms with Crippen molar-refractivity contribution in [1.29, 1.82) is 0 Å². The molecule has 2 aromatic heterocycles. The van der Waals surface area contributed by atoms with E-state index in [-0.39, 0.29) is 5.82 Å². The Morgan fingerprint density at radius 2 is 1.83 bits per heavy atom. The minimum absolute atomic E-state index is 0.218. The summed E-state index contributed by atoms with van der Waals surface area (Å²) in [5.41, 5.74) is 7.37. The second-order valence-electron chi connectivity index (χ2n) is 9.08. The number of hydrogen-bond donors (Lipinski definition) is 1. The topological polar surface area (TPSA) is 31.9 Å². The number of aromatic amines is 1. The summed E-state index contributed by atoms with van der Waals surface area (Å²) in [7, 11) is 0. The second kappa shape index (κ2) is 6.96. The molecule has 0 amide bonds. The van der Waals surface area contributed by atoms with Crippen LogP contribution >= 0.6 is 0 Å². The molecule has 4 heteroatoms. The second-order valence-corrected chi connectivity index (χ2v) is 9.08. The lowest BCUT2D eigenvalue weighted by Gasteiger charge is -2.29. The maximum atomic E-state index is 13.5. The fourth-order valence-electron chi connectivity index (χ4n) is 5.05. The van der Waals surface area contributed by atoms with Gasteiger partial charge in [0.1, 0.15) is 5.82 Å². The zero-order valence-corrected chi connectivity index (χ0v) is 17.0. The number of fused-ring (bicyclic) bond motifs is 1. The van der Waals surface area contributed by atoms with Crippen molar-refractivity contribution in [2.45, 2.75) is 32.7 Å². The largest absolute Gasteiger partial charge is 0.360 e. The fraction of sp³-hybridized carbons (Fsp3) is 0.320. The van der Waals surface area contributed by atoms with Crippen LogP contribution in [0.1, 0.15) is 32.3 Å². The predicted octanol–water partition coefficient (Wildman–Crippen LogP) is 5.77. The first-order valence-corrected chi connectivity index (χ1v) is 10.3. The molecule has 1 atom stereocenters. The first kappa shape index (κ1) is 18.3. The Bertz CT molecular complexity index is 1050. The number of H-pyrrole nitrogens is 1. The Kier molecular flexibility index (Phi) is 4.39. The van der Waals surface area contributed by atoms with E-state index in [9.17, 15) is 4.39 Å². The highest BCUT2D eigenvalue weighted by molar-refractivity contribution is 5.91. The van der Waals surface area contributed by atoms with Gasteiger partial charge in [0.25, 0.3) is 0 Å². The van der Waals surface area contributed by atoms with Crippen molar-refractivity contribution >= 4 is 5.57 Å². The maximum absolute atomic E-state index is 13.5. The van der Waals surface area contributed by atoms with Crippen LogP contribution in [0.3, 0.4) is 0 Å². The van der Waals surface area contributed by atoms with E-state index in [1.54, 1.807) is 0 Å². The molecule has 3 aromatic rings. The van der Waals surface area contributed by atoms with Crippen molar-refractivity contribution < 1.29 is 4.39 Å². The molecule has 5 rings (SSSR count). The number of halogens is 1. The summed E-state index contributed by atoms with van der Waals surface area (Å²) in [4.78, 5) is 10.3. The number of nitrogens with zero attached hydrogens (tertiary/aromatic N) is 2. The Balaban J connectivity index is 1.58. The molecule has 4 heterocycles. The Hall–Kier alpha value is -2.72. The molecule has 0 unspecified atom stereocenters. The molecule has 3 nitrogen and oxygen atoms in total. The molecule has 2 aliphatic heterocycles. The average molecular weight is 388 g/mol. The van der Waals surface area contributed by atoms with Gasteiger partial charge >= 0.3 is 0 Å². The predicted molar refractivity (Wildman–Crippen MR) is 116 cm³/mol. The zero-order chi connectivity index (χ0) is 20.0. The van der Waals surface area contributed by atoms with Crippen molar-refractivity contribution in [3.05, 3.63) is 72.4 Å². The Morgan fingerprint density at radius 1 is 1.07 bits per heavy atom. The number of pyridine rings is 1. The van der Waals surface area contributed by atoms with E-state index in [2.05, 4.69) is 41.0 Å². The van der Waals surface area contributed by atoms with Crippen LogP contribution in [-0.4, -0.2) is 34.0 Å². The van der Waals surface area contributed by atoms with Crippen molar-refractivity contribution in [2.24, 2.45) is 5.41 Å². The van der Waals surface area contributed by atoms with Crippen molar-refractivity contribution in [3.63, 3.8) is 0 Å². The van der Waals surface area contributed by atoms with Gasteiger partial charge in [-0.25, -0.2) is 4.39 Å². The smallest absolute Gasteiger partial charge is 0.123 e. The summed E-state index contributed by atoms with van der Waals surface area (Å²) in [5.74, 6) is -0.218. The van der Waals surface area contributed by atoms with E-state index >= 15 is 0 Å². The third-order valence-electron chi connectivity index (χ3n) is 6.29. The van der Waals surface area contributed by atoms with Gasteiger partial charge in [0.2, 0.25) is 0 Å². The van der Waals surface area contributed by atoms with Crippen LogP contribution in [0.2, 0.25) is 0 Å². The highest BCUT2D eigenvalue weighted by atomic mass is 19.1. The number of benzene rings is 1. The number of rotatable bonds is 3. The lowest BCUT2D eigenvalue weighted by molar-refractivity contribution is 0.262. The normalized spacial score (nSPS) is 21.1. The van der Waals surface area contributed by atoms with Crippen LogP contribution in [0.15, 0.2) is 61.1 Å². The third kappa shape index (κ3) is 3.42. The van der Waals surface area contributed by atoms with Crippen LogP contribution < -0.4 is 0 Å². The molecule has 1 fully saturated rings. The van der Waals surface area contributed by atoms with Gasteiger partial charge in [-0.05, 0) is 71.4 Å². The molecule has 0 aliphatic carbocycles. The maximum Gasteiger partial charge on any atom is 0.123 e. The van der Waals surface area contributed by atoms with Gasteiger partial charge in [-0.15, -0.1) is 0 Å². The van der Waals surface area contributed by atoms with Gasteiger partial charge in [0.15, 0.2) is 0 Å². The van der Waals surface area contributed by atoms with Gasteiger partial charge < -0.3 is 4.98 Å². The number of hydrogen-bond acceptors (Lipinski definition) is 2. The standard InChI is InChI=1S/C25H26FN3/c1-25(2)14-21-13-19(9-12-29(21)16-25)22-15-28-24(18-3-5-20(26)6-4-18)23(22)17-7-10-27-11-8-17/h3-11,15,21,28H,12-14,16H2,1-2H3/t21-/m0/s1. The van der Waals surface area contributed by atoms with E-state index in [0.717, 1.165) is 29.8 Å². The summed E-state index contributed by atoms with van der Waals surface area (Å²) in [6.07, 6.45) is 10.5. The minimum Gasteiger partial charge on any atom is -0.360 e. The first-order chi connectivity index (χ1) is 14.0. The summed E-state index contributed by atoms with van der Waals surface area (Å²) >= 11 is 0. The van der Waals surface area contributed by atoms with Crippen molar-refractivity contribution in [3.8, 4) is 22.4 Å². The number of nitrogens with one attached hydrogen (secondary N) is 1. The fourth-order valence-corrected chi connectivity index (χ4v) is 5.05. The van der Waals surface area contributed by atoms with Gasteiger partial charge in [0, 0.05) is 48.8 Å². The highest BCUT2D eigenvalue weighted by Gasteiger charge is 2.39. The molecule has 1 aromatic carbocycles. The van der Waals surface area contributed by atoms with Gasteiger partial charge in [0.05, 0.1) is 5.69 Å². The minimum atomic E-state index is -0.218. The Labute approximate surface area is 171 Å². The molecule has 29 heavy (non-hydrogen) atoms. The summed E-state index contributed by atoms with van der Waals surface area (Å²) < 4.78 is 13.5. The van der Waals surface area contributed by atoms with E-state index in [1.165, 1.54) is 41.8 Å². The molecule has 1 N–H and O–H groups in total. The van der Waals surface area contributed by atoms with Crippen LogP contribution in [0.5, 0.6) is 0 Å². The van der Waals surface area contributed by atoms with Gasteiger partial charge in [-0.3, -0.25) is 9.88 Å². The van der Waals surface area contributed by atoms with Crippen LogP contribution in [0.25, 0.3) is 28.0 Å². The summed E-state index contributed by atoms with van der Waals surface area (Å²) in [6.45, 7) is 6.93. The van der Waals surface area contributed by atoms with Crippen LogP contribution in [0.4, 0.5) is 4.39 Å². The zero-order valence-electron chi connectivity index (χ0n) is 17.0. The molecule has 0 spiro atoms. The van der Waals surface area contributed by atoms with Crippen LogP contribution in [0, 0.1) is 11.2 Å². The molecule has 148 valence electrons. The average Bonchev–Trinajstić information content (AvgIpc) is 3.28. The van der Waals surface area contributed by atoms with Crippen LogP contribution in [-0.2, 0) is 0 Å². The lowest BCUT2D eigenvalue weighted by Crippen LogP contribution is -2.33. The molecule has 0 radical (unpaired) electrons. The van der Waals surface area contributed by atoms with E-state index in [4.69, 9.17) is 0 Å². The monoisotopic (exact) mass is 387 g/mol.